The largest absolute Gasteiger partial charge is 0.383 e. The SMILES string of the molecule is CCCCCNC(=O)c1cc(NC(C)C)ccn1. The molecule has 4 heteroatoms. The summed E-state index contributed by atoms with van der Waals surface area (Å²) < 4.78 is 0. The van der Waals surface area contributed by atoms with Crippen LogP contribution in [0.5, 0.6) is 0 Å². The van der Waals surface area contributed by atoms with E-state index in [0.29, 0.717) is 11.7 Å². The summed E-state index contributed by atoms with van der Waals surface area (Å²) in [7, 11) is 0. The molecule has 18 heavy (non-hydrogen) atoms. The number of hydrogen-bond donors (Lipinski definition) is 2. The zero-order valence-electron chi connectivity index (χ0n) is 11.5. The fraction of sp³-hybridized carbons (Fsp3) is 0.571. The molecule has 0 aliphatic rings. The number of anilines is 1. The number of aromatic nitrogens is 1. The van der Waals surface area contributed by atoms with E-state index in [2.05, 4.69) is 36.4 Å². The zero-order valence-corrected chi connectivity index (χ0v) is 11.5. The van der Waals surface area contributed by atoms with E-state index in [4.69, 9.17) is 0 Å². The number of unbranched alkanes of at least 4 members (excludes halogenated alkanes) is 2. The van der Waals surface area contributed by atoms with E-state index in [1.165, 1.54) is 0 Å². The molecule has 2 N–H and O–H groups in total. The molecule has 0 aliphatic heterocycles. The lowest BCUT2D eigenvalue weighted by atomic mass is 10.2. The van der Waals surface area contributed by atoms with Crippen molar-refractivity contribution < 1.29 is 4.79 Å². The molecule has 0 radical (unpaired) electrons. The molecule has 0 unspecified atom stereocenters. The second kappa shape index (κ2) is 7.69. The van der Waals surface area contributed by atoms with Gasteiger partial charge in [-0.1, -0.05) is 19.8 Å². The molecule has 0 fully saturated rings. The van der Waals surface area contributed by atoms with Gasteiger partial charge in [-0.25, -0.2) is 0 Å². The van der Waals surface area contributed by atoms with Crippen LogP contribution in [0.1, 0.15) is 50.5 Å². The molecule has 100 valence electrons. The topological polar surface area (TPSA) is 54.0 Å². The Morgan fingerprint density at radius 1 is 1.39 bits per heavy atom. The smallest absolute Gasteiger partial charge is 0.269 e. The van der Waals surface area contributed by atoms with Crippen LogP contribution < -0.4 is 10.6 Å². The number of hydrogen-bond acceptors (Lipinski definition) is 3. The molecule has 0 saturated heterocycles. The Balaban J connectivity index is 2.51. The lowest BCUT2D eigenvalue weighted by molar-refractivity contribution is 0.0948. The summed E-state index contributed by atoms with van der Waals surface area (Å²) in [6, 6.07) is 4.00. The Morgan fingerprint density at radius 2 is 2.17 bits per heavy atom. The number of nitrogens with zero attached hydrogens (tertiary/aromatic N) is 1. The second-order valence-corrected chi connectivity index (χ2v) is 4.69. The van der Waals surface area contributed by atoms with Crippen molar-refractivity contribution >= 4 is 11.6 Å². The fourth-order valence-electron chi connectivity index (χ4n) is 1.65. The van der Waals surface area contributed by atoms with Gasteiger partial charge in [0, 0.05) is 24.5 Å². The number of carbonyl (C=O) groups excluding carboxylic acids is 1. The summed E-state index contributed by atoms with van der Waals surface area (Å²) in [6.45, 7) is 6.98. The van der Waals surface area contributed by atoms with Gasteiger partial charge in [0.15, 0.2) is 0 Å². The maximum Gasteiger partial charge on any atom is 0.269 e. The van der Waals surface area contributed by atoms with Crippen molar-refractivity contribution in [3.63, 3.8) is 0 Å². The normalized spacial score (nSPS) is 10.4. The van der Waals surface area contributed by atoms with Crippen molar-refractivity contribution in [2.24, 2.45) is 0 Å². The van der Waals surface area contributed by atoms with Gasteiger partial charge in [0.1, 0.15) is 5.69 Å². The van der Waals surface area contributed by atoms with Crippen molar-refractivity contribution in [3.05, 3.63) is 24.0 Å². The number of nitrogens with one attached hydrogen (secondary N) is 2. The minimum absolute atomic E-state index is 0.0986. The Bertz CT molecular complexity index is 377. The van der Waals surface area contributed by atoms with Crippen LogP contribution in [0.3, 0.4) is 0 Å². The van der Waals surface area contributed by atoms with Gasteiger partial charge in [0.2, 0.25) is 0 Å². The maximum absolute atomic E-state index is 11.8. The third-order valence-electron chi connectivity index (χ3n) is 2.51. The van der Waals surface area contributed by atoms with Crippen molar-refractivity contribution in [3.8, 4) is 0 Å². The molecule has 1 rings (SSSR count). The first-order valence-electron chi connectivity index (χ1n) is 6.64. The van der Waals surface area contributed by atoms with Crippen LogP contribution in [0, 0.1) is 0 Å². The van der Waals surface area contributed by atoms with Gasteiger partial charge < -0.3 is 10.6 Å². The minimum Gasteiger partial charge on any atom is -0.383 e. The molecule has 1 amide bonds. The molecule has 0 atom stereocenters. The summed E-state index contributed by atoms with van der Waals surface area (Å²) in [5.74, 6) is -0.0986. The number of pyridine rings is 1. The van der Waals surface area contributed by atoms with E-state index in [1.54, 1.807) is 12.3 Å². The van der Waals surface area contributed by atoms with Crippen LogP contribution in [0.25, 0.3) is 0 Å². The van der Waals surface area contributed by atoms with Gasteiger partial charge in [0.05, 0.1) is 0 Å². The third-order valence-corrected chi connectivity index (χ3v) is 2.51. The number of amides is 1. The van der Waals surface area contributed by atoms with Crippen LogP contribution in [0.2, 0.25) is 0 Å². The van der Waals surface area contributed by atoms with Gasteiger partial charge in [-0.05, 0) is 32.4 Å². The Labute approximate surface area is 109 Å². The summed E-state index contributed by atoms with van der Waals surface area (Å²) in [6.07, 6.45) is 4.97. The van der Waals surface area contributed by atoms with Crippen LogP contribution in [0.15, 0.2) is 18.3 Å². The predicted octanol–water partition coefficient (Wildman–Crippen LogP) is 2.82. The van der Waals surface area contributed by atoms with Gasteiger partial charge >= 0.3 is 0 Å². The quantitative estimate of drug-likeness (QED) is 0.731. The standard InChI is InChI=1S/C14H23N3O/c1-4-5-6-8-16-14(18)13-10-12(7-9-15-13)17-11(2)3/h7,9-11H,4-6,8H2,1-3H3,(H,15,17)(H,16,18). The first-order valence-corrected chi connectivity index (χ1v) is 6.64. The molecule has 0 bridgehead atoms. The fourth-order valence-corrected chi connectivity index (χ4v) is 1.65. The predicted molar refractivity (Wildman–Crippen MR) is 74.9 cm³/mol. The highest BCUT2D eigenvalue weighted by Gasteiger charge is 2.07. The molecular formula is C14H23N3O. The van der Waals surface area contributed by atoms with E-state index in [1.807, 2.05) is 6.07 Å². The second-order valence-electron chi connectivity index (χ2n) is 4.69. The summed E-state index contributed by atoms with van der Waals surface area (Å²) >= 11 is 0. The molecule has 0 spiro atoms. The summed E-state index contributed by atoms with van der Waals surface area (Å²) in [5, 5.41) is 6.14. The van der Waals surface area contributed by atoms with Gasteiger partial charge in [-0.15, -0.1) is 0 Å². The first kappa shape index (κ1) is 14.5. The van der Waals surface area contributed by atoms with E-state index in [-0.39, 0.29) is 5.91 Å². The number of rotatable bonds is 7. The van der Waals surface area contributed by atoms with Crippen LogP contribution in [0.4, 0.5) is 5.69 Å². The van der Waals surface area contributed by atoms with Crippen molar-refractivity contribution in [1.29, 1.82) is 0 Å². The van der Waals surface area contributed by atoms with Gasteiger partial charge in [0.25, 0.3) is 5.91 Å². The lowest BCUT2D eigenvalue weighted by Gasteiger charge is -2.10. The molecule has 1 heterocycles. The van der Waals surface area contributed by atoms with Crippen LogP contribution in [-0.2, 0) is 0 Å². The zero-order chi connectivity index (χ0) is 13.4. The minimum atomic E-state index is -0.0986. The number of carbonyl (C=O) groups is 1. The Hall–Kier alpha value is -1.58. The van der Waals surface area contributed by atoms with Crippen molar-refractivity contribution in [2.45, 2.75) is 46.1 Å². The summed E-state index contributed by atoms with van der Waals surface area (Å²) in [4.78, 5) is 15.9. The van der Waals surface area contributed by atoms with Gasteiger partial charge in [-0.2, -0.15) is 0 Å². The van der Waals surface area contributed by atoms with Gasteiger partial charge in [-0.3, -0.25) is 9.78 Å². The van der Waals surface area contributed by atoms with Crippen molar-refractivity contribution in [2.75, 3.05) is 11.9 Å². The molecule has 0 aliphatic carbocycles. The molecule has 1 aromatic heterocycles. The maximum atomic E-state index is 11.8. The van der Waals surface area contributed by atoms with E-state index in [9.17, 15) is 4.79 Å². The molecule has 1 aromatic rings. The monoisotopic (exact) mass is 249 g/mol. The van der Waals surface area contributed by atoms with Crippen molar-refractivity contribution in [1.82, 2.24) is 10.3 Å². The Kier molecular flexibility index (Phi) is 6.19. The summed E-state index contributed by atoms with van der Waals surface area (Å²) in [5.41, 5.74) is 1.40. The van der Waals surface area contributed by atoms with E-state index in [0.717, 1.165) is 31.5 Å². The van der Waals surface area contributed by atoms with E-state index < -0.39 is 0 Å². The lowest BCUT2D eigenvalue weighted by Crippen LogP contribution is -2.25. The van der Waals surface area contributed by atoms with E-state index >= 15 is 0 Å². The average Bonchev–Trinajstić information content (AvgIpc) is 2.34. The molecular weight excluding hydrogens is 226 g/mol. The molecule has 0 saturated carbocycles. The third kappa shape index (κ3) is 5.17. The highest BCUT2D eigenvalue weighted by Crippen LogP contribution is 2.09. The highest BCUT2D eigenvalue weighted by atomic mass is 16.1. The van der Waals surface area contributed by atoms with Crippen LogP contribution in [-0.4, -0.2) is 23.5 Å². The highest BCUT2D eigenvalue weighted by molar-refractivity contribution is 5.93. The first-order chi connectivity index (χ1) is 8.63. The molecule has 4 nitrogen and oxygen atoms in total. The average molecular weight is 249 g/mol. The Morgan fingerprint density at radius 3 is 2.83 bits per heavy atom. The van der Waals surface area contributed by atoms with Crippen LogP contribution >= 0.6 is 0 Å². The molecule has 0 aromatic carbocycles.